The highest BCUT2D eigenvalue weighted by molar-refractivity contribution is 5.82. The van der Waals surface area contributed by atoms with Crippen LogP contribution in [0.25, 0.3) is 28.0 Å². The fourth-order valence-electron chi connectivity index (χ4n) is 2.97. The van der Waals surface area contributed by atoms with Crippen LogP contribution in [-0.2, 0) is 0 Å². The number of rotatable bonds is 3. The van der Waals surface area contributed by atoms with Crippen LogP contribution < -0.4 is 0 Å². The van der Waals surface area contributed by atoms with Gasteiger partial charge >= 0.3 is 0 Å². The molecule has 6 heteroatoms. The van der Waals surface area contributed by atoms with Crippen molar-refractivity contribution in [3.05, 3.63) is 60.0 Å². The average Bonchev–Trinajstić information content (AvgIpc) is 3.18. The van der Waals surface area contributed by atoms with E-state index in [0.29, 0.717) is 11.5 Å². The molecule has 25 heavy (non-hydrogen) atoms. The van der Waals surface area contributed by atoms with Crippen molar-refractivity contribution in [2.24, 2.45) is 0 Å². The van der Waals surface area contributed by atoms with E-state index < -0.39 is 0 Å². The second-order valence-corrected chi connectivity index (χ2v) is 6.33. The van der Waals surface area contributed by atoms with Gasteiger partial charge in [-0.15, -0.1) is 10.2 Å². The first-order valence-corrected chi connectivity index (χ1v) is 8.12. The summed E-state index contributed by atoms with van der Waals surface area (Å²) in [6.07, 6.45) is 2.00. The Hall–Kier alpha value is -3.02. The number of pyridine rings is 1. The van der Waals surface area contributed by atoms with Crippen molar-refractivity contribution < 1.29 is 8.91 Å². The monoisotopic (exact) mass is 336 g/mol. The maximum Gasteiger partial charge on any atom is 0.160 e. The van der Waals surface area contributed by atoms with Crippen LogP contribution in [0.4, 0.5) is 4.39 Å². The number of aryl methyl sites for hydroxylation is 1. The Bertz CT molecular complexity index is 1050. The number of hydrogen-bond donors (Lipinski definition) is 0. The highest BCUT2D eigenvalue weighted by Gasteiger charge is 2.18. The molecule has 0 spiro atoms. The van der Waals surface area contributed by atoms with E-state index in [2.05, 4.69) is 29.2 Å². The quantitative estimate of drug-likeness (QED) is 0.548. The lowest BCUT2D eigenvalue weighted by atomic mass is 10.0. The molecule has 0 radical (unpaired) electrons. The maximum atomic E-state index is 13.2. The molecule has 0 saturated heterocycles. The largest absolute Gasteiger partial charge is 0.360 e. The predicted octanol–water partition coefficient (Wildman–Crippen LogP) is 4.62. The van der Waals surface area contributed by atoms with Crippen molar-refractivity contribution in [2.45, 2.75) is 26.7 Å². The van der Waals surface area contributed by atoms with Gasteiger partial charge in [-0.05, 0) is 43.3 Å². The van der Waals surface area contributed by atoms with Crippen LogP contribution in [0.2, 0.25) is 0 Å². The lowest BCUT2D eigenvalue weighted by Gasteiger charge is -2.07. The van der Waals surface area contributed by atoms with Gasteiger partial charge in [-0.3, -0.25) is 4.40 Å². The van der Waals surface area contributed by atoms with Crippen LogP contribution in [0.5, 0.6) is 0 Å². The minimum Gasteiger partial charge on any atom is -0.360 e. The number of aromatic nitrogens is 4. The van der Waals surface area contributed by atoms with Gasteiger partial charge in [0.2, 0.25) is 0 Å². The highest BCUT2D eigenvalue weighted by Crippen LogP contribution is 2.34. The maximum absolute atomic E-state index is 13.2. The van der Waals surface area contributed by atoms with Gasteiger partial charge in [0, 0.05) is 23.2 Å². The molecule has 5 nitrogen and oxygen atoms in total. The Morgan fingerprint density at radius 1 is 1.00 bits per heavy atom. The molecule has 3 heterocycles. The molecule has 0 fully saturated rings. The summed E-state index contributed by atoms with van der Waals surface area (Å²) < 4.78 is 20.6. The first-order valence-electron chi connectivity index (χ1n) is 8.12. The third kappa shape index (κ3) is 2.59. The standard InChI is InChI=1S/C19H17FN4O/c1-11(2)19-22-21-16-9-6-14(10-24(16)19)17-12(3)25-23-18(17)13-4-7-15(20)8-5-13/h4-11H,1-3H3. The molecule has 0 aliphatic carbocycles. The zero-order chi connectivity index (χ0) is 17.6. The van der Waals surface area contributed by atoms with Crippen LogP contribution in [0.3, 0.4) is 0 Å². The topological polar surface area (TPSA) is 56.2 Å². The van der Waals surface area contributed by atoms with Gasteiger partial charge in [0.15, 0.2) is 5.65 Å². The zero-order valence-corrected chi connectivity index (χ0v) is 14.2. The summed E-state index contributed by atoms with van der Waals surface area (Å²) in [5, 5.41) is 12.6. The van der Waals surface area contributed by atoms with Crippen LogP contribution in [0, 0.1) is 12.7 Å². The second kappa shape index (κ2) is 5.81. The molecule has 4 aromatic rings. The van der Waals surface area contributed by atoms with Crippen molar-refractivity contribution in [1.82, 2.24) is 19.8 Å². The summed E-state index contributed by atoms with van der Waals surface area (Å²) >= 11 is 0. The highest BCUT2D eigenvalue weighted by atomic mass is 19.1. The fraction of sp³-hybridized carbons (Fsp3) is 0.211. The number of halogens is 1. The van der Waals surface area contributed by atoms with Gasteiger partial charge in [0.25, 0.3) is 0 Å². The molecule has 0 aliphatic rings. The van der Waals surface area contributed by atoms with E-state index in [1.807, 2.05) is 29.7 Å². The van der Waals surface area contributed by atoms with Crippen LogP contribution in [0.15, 0.2) is 47.1 Å². The van der Waals surface area contributed by atoms with E-state index >= 15 is 0 Å². The third-order valence-corrected chi connectivity index (χ3v) is 4.21. The normalized spacial score (nSPS) is 11.6. The van der Waals surface area contributed by atoms with Crippen molar-refractivity contribution in [3.63, 3.8) is 0 Å². The lowest BCUT2D eigenvalue weighted by Crippen LogP contribution is -1.97. The van der Waals surface area contributed by atoms with E-state index in [9.17, 15) is 4.39 Å². The summed E-state index contributed by atoms with van der Waals surface area (Å²) in [6, 6.07) is 10.1. The molecular weight excluding hydrogens is 319 g/mol. The average molecular weight is 336 g/mol. The summed E-state index contributed by atoms with van der Waals surface area (Å²) in [6.45, 7) is 6.03. The van der Waals surface area contributed by atoms with Crippen LogP contribution >= 0.6 is 0 Å². The van der Waals surface area contributed by atoms with E-state index in [-0.39, 0.29) is 11.7 Å². The molecule has 0 bridgehead atoms. The summed E-state index contributed by atoms with van der Waals surface area (Å²) in [7, 11) is 0. The van der Waals surface area contributed by atoms with Gasteiger partial charge in [-0.2, -0.15) is 0 Å². The van der Waals surface area contributed by atoms with Crippen molar-refractivity contribution in [2.75, 3.05) is 0 Å². The molecule has 126 valence electrons. The molecule has 3 aromatic heterocycles. The summed E-state index contributed by atoms with van der Waals surface area (Å²) in [5.74, 6) is 1.58. The third-order valence-electron chi connectivity index (χ3n) is 4.21. The number of nitrogens with zero attached hydrogens (tertiary/aromatic N) is 4. The smallest absolute Gasteiger partial charge is 0.160 e. The van der Waals surface area contributed by atoms with Crippen molar-refractivity contribution in [3.8, 4) is 22.4 Å². The minimum absolute atomic E-state index is 0.255. The molecule has 0 saturated carbocycles. The van der Waals surface area contributed by atoms with E-state index in [4.69, 9.17) is 4.52 Å². The lowest BCUT2D eigenvalue weighted by molar-refractivity contribution is 0.400. The molecule has 0 N–H and O–H groups in total. The first-order chi connectivity index (χ1) is 12.0. The van der Waals surface area contributed by atoms with Gasteiger partial charge < -0.3 is 4.52 Å². The molecule has 1 aromatic carbocycles. The Balaban J connectivity index is 1.90. The van der Waals surface area contributed by atoms with Crippen LogP contribution in [-0.4, -0.2) is 19.8 Å². The van der Waals surface area contributed by atoms with Gasteiger partial charge in [-0.25, -0.2) is 4.39 Å². The first kappa shape index (κ1) is 15.5. The SMILES string of the molecule is Cc1onc(-c2ccc(F)cc2)c1-c1ccc2nnc(C(C)C)n2c1. The zero-order valence-electron chi connectivity index (χ0n) is 14.2. The van der Waals surface area contributed by atoms with Crippen molar-refractivity contribution >= 4 is 5.65 Å². The van der Waals surface area contributed by atoms with Gasteiger partial charge in [0.1, 0.15) is 23.1 Å². The summed E-state index contributed by atoms with van der Waals surface area (Å²) in [5.41, 5.74) is 4.13. The predicted molar refractivity (Wildman–Crippen MR) is 92.7 cm³/mol. The second-order valence-electron chi connectivity index (χ2n) is 6.33. The Labute approximate surface area is 144 Å². The molecule has 0 amide bonds. The molecular formula is C19H17FN4O. The Kier molecular flexibility index (Phi) is 3.60. The molecule has 4 rings (SSSR count). The number of hydrogen-bond acceptors (Lipinski definition) is 4. The fourth-order valence-corrected chi connectivity index (χ4v) is 2.97. The van der Waals surface area contributed by atoms with Crippen LogP contribution in [0.1, 0.15) is 31.4 Å². The molecule has 0 aliphatic heterocycles. The van der Waals surface area contributed by atoms with Gasteiger partial charge in [0.05, 0.1) is 5.56 Å². The number of fused-ring (bicyclic) bond motifs is 1. The summed E-state index contributed by atoms with van der Waals surface area (Å²) in [4.78, 5) is 0. The van der Waals surface area contributed by atoms with Gasteiger partial charge in [-0.1, -0.05) is 19.0 Å². The molecule has 0 unspecified atom stereocenters. The Morgan fingerprint density at radius 3 is 2.44 bits per heavy atom. The van der Waals surface area contributed by atoms with Crippen molar-refractivity contribution in [1.29, 1.82) is 0 Å². The van der Waals surface area contributed by atoms with E-state index in [0.717, 1.165) is 28.2 Å². The van der Waals surface area contributed by atoms with E-state index in [1.54, 1.807) is 12.1 Å². The van der Waals surface area contributed by atoms with E-state index in [1.165, 1.54) is 12.1 Å². The number of benzene rings is 1. The minimum atomic E-state index is -0.280. The molecule has 0 atom stereocenters. The Morgan fingerprint density at radius 2 is 1.72 bits per heavy atom.